The molecule has 0 aliphatic rings. The summed E-state index contributed by atoms with van der Waals surface area (Å²) in [5.74, 6) is 0.472. The Morgan fingerprint density at radius 2 is 1.82 bits per heavy atom. The molecular formula is C18H22FNO2. The van der Waals surface area contributed by atoms with E-state index < -0.39 is 6.10 Å². The summed E-state index contributed by atoms with van der Waals surface area (Å²) >= 11 is 0. The van der Waals surface area contributed by atoms with E-state index in [9.17, 15) is 9.50 Å². The molecule has 118 valence electrons. The summed E-state index contributed by atoms with van der Waals surface area (Å²) in [5.41, 5.74) is 1.42. The number of aliphatic hydroxyl groups is 1. The van der Waals surface area contributed by atoms with Gasteiger partial charge in [0.05, 0.1) is 13.2 Å². The molecule has 2 aromatic rings. The standard InChI is InChI=1S/C18H22FNO2/c1-13(11-14-7-3-6-10-18(14)22-2)20-12-17(21)15-8-4-5-9-16(15)19/h3-10,13,17,20-21H,11-12H2,1-2H3/t13-,17+/m1/s1. The Kier molecular flexibility index (Phi) is 5.92. The second-order valence-electron chi connectivity index (χ2n) is 5.36. The summed E-state index contributed by atoms with van der Waals surface area (Å²) in [6.07, 6.45) is -0.0881. The number of para-hydroxylation sites is 1. The van der Waals surface area contributed by atoms with Crippen molar-refractivity contribution in [2.45, 2.75) is 25.5 Å². The molecule has 3 nitrogen and oxygen atoms in total. The molecule has 4 heteroatoms. The monoisotopic (exact) mass is 303 g/mol. The van der Waals surface area contributed by atoms with Gasteiger partial charge < -0.3 is 15.2 Å². The molecule has 0 amide bonds. The minimum Gasteiger partial charge on any atom is -0.496 e. The zero-order valence-electron chi connectivity index (χ0n) is 12.9. The van der Waals surface area contributed by atoms with Crippen molar-refractivity contribution in [2.24, 2.45) is 0 Å². The Morgan fingerprint density at radius 1 is 1.14 bits per heavy atom. The third kappa shape index (κ3) is 4.29. The first-order valence-electron chi connectivity index (χ1n) is 7.39. The SMILES string of the molecule is COc1ccccc1C[C@@H](C)NC[C@H](O)c1ccccc1F. The van der Waals surface area contributed by atoms with Crippen molar-refractivity contribution >= 4 is 0 Å². The van der Waals surface area contributed by atoms with Gasteiger partial charge in [0.2, 0.25) is 0 Å². The minimum absolute atomic E-state index is 0.137. The first kappa shape index (κ1) is 16.5. The fourth-order valence-electron chi connectivity index (χ4n) is 2.44. The van der Waals surface area contributed by atoms with Gasteiger partial charge in [-0.1, -0.05) is 36.4 Å². The van der Waals surface area contributed by atoms with Crippen LogP contribution in [-0.2, 0) is 6.42 Å². The summed E-state index contributed by atoms with van der Waals surface area (Å²) in [7, 11) is 1.65. The largest absolute Gasteiger partial charge is 0.496 e. The van der Waals surface area contributed by atoms with Crippen molar-refractivity contribution in [2.75, 3.05) is 13.7 Å². The van der Waals surface area contributed by atoms with Crippen LogP contribution in [-0.4, -0.2) is 24.8 Å². The van der Waals surface area contributed by atoms with E-state index >= 15 is 0 Å². The highest BCUT2D eigenvalue weighted by Crippen LogP contribution is 2.19. The summed E-state index contributed by atoms with van der Waals surface area (Å²) in [5, 5.41) is 13.3. The van der Waals surface area contributed by atoms with Gasteiger partial charge in [-0.3, -0.25) is 0 Å². The Morgan fingerprint density at radius 3 is 2.55 bits per heavy atom. The van der Waals surface area contributed by atoms with Gasteiger partial charge in [0, 0.05) is 18.2 Å². The molecule has 2 rings (SSSR count). The lowest BCUT2D eigenvalue weighted by molar-refractivity contribution is 0.166. The van der Waals surface area contributed by atoms with Gasteiger partial charge in [0.1, 0.15) is 11.6 Å². The second-order valence-corrected chi connectivity index (χ2v) is 5.36. The Balaban J connectivity index is 1.90. The predicted molar refractivity (Wildman–Crippen MR) is 85.5 cm³/mol. The third-order valence-electron chi connectivity index (χ3n) is 3.64. The highest BCUT2D eigenvalue weighted by Gasteiger charge is 2.14. The quantitative estimate of drug-likeness (QED) is 0.826. The van der Waals surface area contributed by atoms with Crippen molar-refractivity contribution < 1.29 is 14.2 Å². The summed E-state index contributed by atoms with van der Waals surface area (Å²) < 4.78 is 18.9. The van der Waals surface area contributed by atoms with Crippen LogP contribution in [0.4, 0.5) is 4.39 Å². The first-order valence-corrected chi connectivity index (χ1v) is 7.39. The number of rotatable bonds is 7. The molecule has 0 aliphatic carbocycles. The number of methoxy groups -OCH3 is 1. The lowest BCUT2D eigenvalue weighted by Crippen LogP contribution is -2.32. The number of hydrogen-bond acceptors (Lipinski definition) is 3. The number of ether oxygens (including phenoxy) is 1. The van der Waals surface area contributed by atoms with Crippen LogP contribution in [0.1, 0.15) is 24.2 Å². The molecule has 0 radical (unpaired) electrons. The van der Waals surface area contributed by atoms with Crippen LogP contribution in [0.25, 0.3) is 0 Å². The molecule has 0 unspecified atom stereocenters. The fraction of sp³-hybridized carbons (Fsp3) is 0.333. The maximum atomic E-state index is 13.6. The minimum atomic E-state index is -0.860. The Bertz CT molecular complexity index is 603. The molecule has 2 N–H and O–H groups in total. The number of benzene rings is 2. The van der Waals surface area contributed by atoms with Crippen molar-refractivity contribution in [3.8, 4) is 5.75 Å². The van der Waals surface area contributed by atoms with E-state index in [1.807, 2.05) is 31.2 Å². The van der Waals surface area contributed by atoms with E-state index in [4.69, 9.17) is 4.74 Å². The molecule has 0 bridgehead atoms. The smallest absolute Gasteiger partial charge is 0.129 e. The number of nitrogens with one attached hydrogen (secondary N) is 1. The average molecular weight is 303 g/mol. The van der Waals surface area contributed by atoms with Crippen LogP contribution < -0.4 is 10.1 Å². The van der Waals surface area contributed by atoms with E-state index in [0.29, 0.717) is 12.1 Å². The van der Waals surface area contributed by atoms with Crippen molar-refractivity contribution in [3.05, 3.63) is 65.5 Å². The molecule has 0 saturated heterocycles. The van der Waals surface area contributed by atoms with Crippen LogP contribution in [0.15, 0.2) is 48.5 Å². The molecule has 0 aromatic heterocycles. The summed E-state index contributed by atoms with van der Waals surface area (Å²) in [6.45, 7) is 2.33. The van der Waals surface area contributed by atoms with Crippen molar-refractivity contribution in [1.29, 1.82) is 0 Å². The lowest BCUT2D eigenvalue weighted by atomic mass is 10.0. The van der Waals surface area contributed by atoms with E-state index in [1.54, 1.807) is 25.3 Å². The van der Waals surface area contributed by atoms with Gasteiger partial charge in [-0.05, 0) is 31.0 Å². The zero-order chi connectivity index (χ0) is 15.9. The Labute approximate surface area is 130 Å². The molecule has 2 aromatic carbocycles. The van der Waals surface area contributed by atoms with E-state index in [0.717, 1.165) is 17.7 Å². The molecule has 0 heterocycles. The predicted octanol–water partition coefficient (Wildman–Crippen LogP) is 3.09. The van der Waals surface area contributed by atoms with Crippen LogP contribution in [0, 0.1) is 5.82 Å². The van der Waals surface area contributed by atoms with Crippen molar-refractivity contribution in [3.63, 3.8) is 0 Å². The summed E-state index contributed by atoms with van der Waals surface area (Å²) in [4.78, 5) is 0. The van der Waals surface area contributed by atoms with Crippen LogP contribution in [0.5, 0.6) is 5.75 Å². The molecule has 0 spiro atoms. The van der Waals surface area contributed by atoms with E-state index in [-0.39, 0.29) is 11.9 Å². The van der Waals surface area contributed by atoms with Crippen LogP contribution in [0.3, 0.4) is 0 Å². The maximum Gasteiger partial charge on any atom is 0.129 e. The van der Waals surface area contributed by atoms with Crippen molar-refractivity contribution in [1.82, 2.24) is 5.32 Å². The number of hydrogen-bond donors (Lipinski definition) is 2. The molecule has 0 fully saturated rings. The van der Waals surface area contributed by atoms with Gasteiger partial charge in [-0.2, -0.15) is 0 Å². The van der Waals surface area contributed by atoms with Crippen LogP contribution in [0.2, 0.25) is 0 Å². The first-order chi connectivity index (χ1) is 10.6. The molecule has 0 aliphatic heterocycles. The van der Waals surface area contributed by atoms with Crippen LogP contribution >= 0.6 is 0 Å². The lowest BCUT2D eigenvalue weighted by Gasteiger charge is -2.19. The second kappa shape index (κ2) is 7.92. The normalized spacial score (nSPS) is 13.6. The molecule has 0 saturated carbocycles. The fourth-order valence-corrected chi connectivity index (χ4v) is 2.44. The molecule has 2 atom stereocenters. The number of halogens is 1. The maximum absolute atomic E-state index is 13.6. The van der Waals surface area contributed by atoms with Gasteiger partial charge in [0.25, 0.3) is 0 Å². The number of aliphatic hydroxyl groups excluding tert-OH is 1. The van der Waals surface area contributed by atoms with Gasteiger partial charge in [-0.25, -0.2) is 4.39 Å². The van der Waals surface area contributed by atoms with E-state index in [1.165, 1.54) is 6.07 Å². The zero-order valence-corrected chi connectivity index (χ0v) is 12.9. The van der Waals surface area contributed by atoms with E-state index in [2.05, 4.69) is 5.32 Å². The third-order valence-corrected chi connectivity index (χ3v) is 3.64. The van der Waals surface area contributed by atoms with Gasteiger partial charge >= 0.3 is 0 Å². The van der Waals surface area contributed by atoms with Gasteiger partial charge in [-0.15, -0.1) is 0 Å². The average Bonchev–Trinajstić information content (AvgIpc) is 2.53. The summed E-state index contributed by atoms with van der Waals surface area (Å²) in [6, 6.07) is 14.3. The molecule has 22 heavy (non-hydrogen) atoms. The topological polar surface area (TPSA) is 41.5 Å². The van der Waals surface area contributed by atoms with Gasteiger partial charge in [0.15, 0.2) is 0 Å². The highest BCUT2D eigenvalue weighted by molar-refractivity contribution is 5.33. The molecular weight excluding hydrogens is 281 g/mol. The Hall–Kier alpha value is -1.91. The highest BCUT2D eigenvalue weighted by atomic mass is 19.1.